The van der Waals surface area contributed by atoms with Crippen LogP contribution in [0, 0.1) is 0 Å². The maximum absolute atomic E-state index is 11.8. The number of furan rings is 1. The highest BCUT2D eigenvalue weighted by Crippen LogP contribution is 2.15. The van der Waals surface area contributed by atoms with Crippen molar-refractivity contribution in [1.29, 1.82) is 0 Å². The van der Waals surface area contributed by atoms with Gasteiger partial charge in [0.15, 0.2) is 0 Å². The molecule has 1 aromatic heterocycles. The van der Waals surface area contributed by atoms with Gasteiger partial charge in [0, 0.05) is 21.6 Å². The van der Waals surface area contributed by atoms with Gasteiger partial charge in [-0.05, 0) is 42.8 Å². The zero-order chi connectivity index (χ0) is 16.5. The molecule has 0 radical (unpaired) electrons. The average Bonchev–Trinajstić information content (AvgIpc) is 3.05. The topological polar surface area (TPSA) is 68.5 Å². The third kappa shape index (κ3) is 6.88. The maximum Gasteiger partial charge on any atom is 0.232 e. The number of nitrogens with one attached hydrogen (secondary N) is 1. The van der Waals surface area contributed by atoms with E-state index in [9.17, 15) is 9.00 Å². The molecule has 0 unspecified atom stereocenters. The monoisotopic (exact) mass is 355 g/mol. The Morgan fingerprint density at radius 3 is 2.74 bits per heavy atom. The molecule has 0 aliphatic rings. The number of amides is 1. The van der Waals surface area contributed by atoms with Crippen LogP contribution >= 0.6 is 11.6 Å². The van der Waals surface area contributed by atoms with Crippen molar-refractivity contribution in [2.45, 2.75) is 13.0 Å². The number of benzene rings is 1. The van der Waals surface area contributed by atoms with E-state index in [0.29, 0.717) is 36.1 Å². The molecule has 1 heterocycles. The second-order valence-electron chi connectivity index (χ2n) is 4.80. The Hall–Kier alpha value is -1.79. The summed E-state index contributed by atoms with van der Waals surface area (Å²) in [4.78, 5) is 11.6. The van der Waals surface area contributed by atoms with E-state index in [4.69, 9.17) is 20.8 Å². The van der Waals surface area contributed by atoms with Gasteiger partial charge in [-0.2, -0.15) is 0 Å². The molecule has 0 aliphatic carbocycles. The van der Waals surface area contributed by atoms with Gasteiger partial charge in [-0.25, -0.2) is 0 Å². The van der Waals surface area contributed by atoms with Crippen LogP contribution in [0.25, 0.3) is 0 Å². The molecule has 0 bridgehead atoms. The molecular weight excluding hydrogens is 338 g/mol. The standard InChI is InChI=1S/C16H18ClNO4S/c17-13-4-6-14(7-5-13)21-9-2-10-23(20)12-16(19)18-11-15-3-1-8-22-15/h1,3-8H,2,9-12H2,(H,18,19)/t23-/m1/s1. The second-order valence-corrected chi connectivity index (χ2v) is 6.81. The summed E-state index contributed by atoms with van der Waals surface area (Å²) in [7, 11) is -1.20. The van der Waals surface area contributed by atoms with Crippen molar-refractivity contribution in [3.05, 3.63) is 53.4 Å². The van der Waals surface area contributed by atoms with Crippen molar-refractivity contribution in [3.63, 3.8) is 0 Å². The molecule has 0 saturated heterocycles. The highest BCUT2D eigenvalue weighted by Gasteiger charge is 2.08. The van der Waals surface area contributed by atoms with Gasteiger partial charge >= 0.3 is 0 Å². The number of ether oxygens (including phenoxy) is 1. The smallest absolute Gasteiger partial charge is 0.232 e. The van der Waals surface area contributed by atoms with Gasteiger partial charge in [-0.15, -0.1) is 0 Å². The van der Waals surface area contributed by atoms with E-state index >= 15 is 0 Å². The van der Waals surface area contributed by atoms with Crippen LogP contribution in [0.4, 0.5) is 0 Å². The normalized spacial score (nSPS) is 11.9. The molecule has 1 atom stereocenters. The molecule has 2 aromatic rings. The Morgan fingerprint density at radius 2 is 2.04 bits per heavy atom. The Kier molecular flexibility index (Phi) is 7.16. The van der Waals surface area contributed by atoms with Crippen molar-refractivity contribution >= 4 is 28.3 Å². The van der Waals surface area contributed by atoms with Crippen LogP contribution in [0.2, 0.25) is 5.02 Å². The number of carbonyl (C=O) groups excluding carboxylic acids is 1. The molecule has 0 aliphatic heterocycles. The fourth-order valence-electron chi connectivity index (χ4n) is 1.81. The quantitative estimate of drug-likeness (QED) is 0.702. The van der Waals surface area contributed by atoms with Crippen molar-refractivity contribution in [2.75, 3.05) is 18.1 Å². The first-order valence-corrected chi connectivity index (χ1v) is 9.02. The first-order chi connectivity index (χ1) is 11.1. The average molecular weight is 356 g/mol. The summed E-state index contributed by atoms with van der Waals surface area (Å²) in [5.41, 5.74) is 0. The van der Waals surface area contributed by atoms with Gasteiger partial charge < -0.3 is 14.5 Å². The van der Waals surface area contributed by atoms with E-state index in [1.807, 2.05) is 0 Å². The summed E-state index contributed by atoms with van der Waals surface area (Å²) in [6.45, 7) is 0.754. The summed E-state index contributed by atoms with van der Waals surface area (Å²) in [6, 6.07) is 10.6. The molecular formula is C16H18ClNO4S. The minimum absolute atomic E-state index is 0.0122. The van der Waals surface area contributed by atoms with E-state index in [1.165, 1.54) is 0 Å². The van der Waals surface area contributed by atoms with Crippen molar-refractivity contribution < 1.29 is 18.2 Å². The predicted molar refractivity (Wildman–Crippen MR) is 90.0 cm³/mol. The molecule has 5 nitrogen and oxygen atoms in total. The predicted octanol–water partition coefficient (Wildman–Crippen LogP) is 2.77. The SMILES string of the molecule is O=C(C[S@](=O)CCCOc1ccc(Cl)cc1)NCc1ccco1. The lowest BCUT2D eigenvalue weighted by Crippen LogP contribution is -2.28. The lowest BCUT2D eigenvalue weighted by Gasteiger charge is -2.06. The largest absolute Gasteiger partial charge is 0.494 e. The van der Waals surface area contributed by atoms with Gasteiger partial charge in [-0.3, -0.25) is 9.00 Å². The molecule has 7 heteroatoms. The van der Waals surface area contributed by atoms with Crippen LogP contribution in [0.3, 0.4) is 0 Å². The second kappa shape index (κ2) is 9.37. The van der Waals surface area contributed by atoms with Crippen LogP contribution in [0.15, 0.2) is 47.1 Å². The van der Waals surface area contributed by atoms with Gasteiger partial charge in [-0.1, -0.05) is 11.6 Å². The molecule has 124 valence electrons. The van der Waals surface area contributed by atoms with Gasteiger partial charge in [0.25, 0.3) is 0 Å². The number of halogens is 1. The molecule has 1 N–H and O–H groups in total. The van der Waals surface area contributed by atoms with Gasteiger partial charge in [0.1, 0.15) is 17.3 Å². The number of hydrogen-bond donors (Lipinski definition) is 1. The van der Waals surface area contributed by atoms with E-state index < -0.39 is 10.8 Å². The molecule has 23 heavy (non-hydrogen) atoms. The zero-order valence-electron chi connectivity index (χ0n) is 12.5. The fourth-order valence-corrected chi connectivity index (χ4v) is 2.91. The number of carbonyl (C=O) groups is 1. The highest BCUT2D eigenvalue weighted by molar-refractivity contribution is 7.85. The highest BCUT2D eigenvalue weighted by atomic mass is 35.5. The minimum atomic E-state index is -1.20. The van der Waals surface area contributed by atoms with Crippen LogP contribution in [0.5, 0.6) is 5.75 Å². The Bertz CT molecular complexity index is 628. The van der Waals surface area contributed by atoms with Crippen molar-refractivity contribution in [1.82, 2.24) is 5.32 Å². The summed E-state index contributed by atoms with van der Waals surface area (Å²) < 4.78 is 22.4. The number of rotatable bonds is 9. The van der Waals surface area contributed by atoms with Gasteiger partial charge in [0.2, 0.25) is 5.91 Å². The summed E-state index contributed by atoms with van der Waals surface area (Å²) >= 11 is 5.78. The fraction of sp³-hybridized carbons (Fsp3) is 0.312. The Morgan fingerprint density at radius 1 is 1.26 bits per heavy atom. The molecule has 0 saturated carbocycles. The zero-order valence-corrected chi connectivity index (χ0v) is 14.1. The van der Waals surface area contributed by atoms with Crippen molar-refractivity contribution in [3.8, 4) is 5.75 Å². The molecule has 2 rings (SSSR count). The molecule has 0 spiro atoms. The van der Waals surface area contributed by atoms with Gasteiger partial charge in [0.05, 0.1) is 19.4 Å². The van der Waals surface area contributed by atoms with Crippen LogP contribution in [-0.2, 0) is 22.1 Å². The summed E-state index contributed by atoms with van der Waals surface area (Å²) in [6.07, 6.45) is 2.15. The third-order valence-corrected chi connectivity index (χ3v) is 4.51. The Balaban J connectivity index is 1.57. The van der Waals surface area contributed by atoms with Crippen LogP contribution in [-0.4, -0.2) is 28.2 Å². The van der Waals surface area contributed by atoms with E-state index in [1.54, 1.807) is 42.7 Å². The van der Waals surface area contributed by atoms with E-state index in [0.717, 1.165) is 5.75 Å². The summed E-state index contributed by atoms with van der Waals surface area (Å²) in [5, 5.41) is 3.32. The molecule has 1 amide bonds. The first kappa shape index (κ1) is 17.6. The van der Waals surface area contributed by atoms with E-state index in [2.05, 4.69) is 5.32 Å². The van der Waals surface area contributed by atoms with Crippen LogP contribution < -0.4 is 10.1 Å². The Labute approximate surface area is 142 Å². The number of hydrogen-bond acceptors (Lipinski definition) is 4. The maximum atomic E-state index is 11.8. The lowest BCUT2D eigenvalue weighted by atomic mass is 10.3. The minimum Gasteiger partial charge on any atom is -0.494 e. The van der Waals surface area contributed by atoms with Crippen molar-refractivity contribution in [2.24, 2.45) is 0 Å². The summed E-state index contributed by atoms with van der Waals surface area (Å²) in [5.74, 6) is 1.54. The van der Waals surface area contributed by atoms with Crippen LogP contribution in [0.1, 0.15) is 12.2 Å². The molecule has 1 aromatic carbocycles. The third-order valence-electron chi connectivity index (χ3n) is 2.93. The van der Waals surface area contributed by atoms with E-state index in [-0.39, 0.29) is 11.7 Å². The lowest BCUT2D eigenvalue weighted by molar-refractivity contribution is -0.118. The molecule has 0 fully saturated rings. The first-order valence-electron chi connectivity index (χ1n) is 7.16.